The third-order valence-electron chi connectivity index (χ3n) is 4.68. The molecule has 1 aromatic rings. The molecule has 0 aliphatic carbocycles. The summed E-state index contributed by atoms with van der Waals surface area (Å²) in [4.78, 5) is 48.9. The van der Waals surface area contributed by atoms with Gasteiger partial charge < -0.3 is 31.9 Å². The third kappa shape index (κ3) is 9.93. The van der Waals surface area contributed by atoms with E-state index in [0.29, 0.717) is 0 Å². The molecule has 33 heavy (non-hydrogen) atoms. The average molecular weight is 501 g/mol. The lowest BCUT2D eigenvalue weighted by atomic mass is 10.0. The van der Waals surface area contributed by atoms with Crippen LogP contribution in [-0.2, 0) is 25.6 Å². The van der Waals surface area contributed by atoms with E-state index in [1.54, 1.807) is 12.1 Å². The smallest absolute Gasteiger partial charge is 0.326 e. The van der Waals surface area contributed by atoms with Gasteiger partial charge in [-0.15, -0.1) is 0 Å². The van der Waals surface area contributed by atoms with Gasteiger partial charge in [-0.3, -0.25) is 14.4 Å². The summed E-state index contributed by atoms with van der Waals surface area (Å²) in [6.07, 6.45) is 0.406. The van der Waals surface area contributed by atoms with E-state index in [1.165, 1.54) is 12.1 Å². The minimum absolute atomic E-state index is 0.0324. The first-order chi connectivity index (χ1) is 15.5. The summed E-state index contributed by atoms with van der Waals surface area (Å²) in [6.45, 7) is 3.65. The standard InChI is InChI=1S/C21H32N4O6S2/c1-11(2)7-15(21(30)31)23-19(28)17(10-33)25-20(29)16(9-32)24-18(27)14(22)8-12-3-5-13(26)6-4-12/h3-6,11,14-17,26,32-33H,7-10,22H2,1-2H3,(H,23,28)(H,24,27)(H,25,29)(H,30,31). The number of phenols is 1. The van der Waals surface area contributed by atoms with E-state index in [4.69, 9.17) is 5.73 Å². The fraction of sp³-hybridized carbons (Fsp3) is 0.524. The number of hydrogen-bond donors (Lipinski definition) is 8. The summed E-state index contributed by atoms with van der Waals surface area (Å²) in [5.74, 6) is -3.17. The predicted molar refractivity (Wildman–Crippen MR) is 130 cm³/mol. The highest BCUT2D eigenvalue weighted by molar-refractivity contribution is 7.80. The van der Waals surface area contributed by atoms with Crippen LogP contribution in [0.25, 0.3) is 0 Å². The fourth-order valence-electron chi connectivity index (χ4n) is 2.88. The second kappa shape index (κ2) is 14.0. The van der Waals surface area contributed by atoms with Crippen molar-refractivity contribution in [2.24, 2.45) is 11.7 Å². The Labute approximate surface area is 203 Å². The summed E-state index contributed by atoms with van der Waals surface area (Å²) >= 11 is 8.16. The van der Waals surface area contributed by atoms with Crippen molar-refractivity contribution in [1.29, 1.82) is 0 Å². The van der Waals surface area contributed by atoms with Gasteiger partial charge in [0.15, 0.2) is 0 Å². The van der Waals surface area contributed by atoms with Crippen molar-refractivity contribution in [2.75, 3.05) is 11.5 Å². The lowest BCUT2D eigenvalue weighted by molar-refractivity contribution is -0.142. The Morgan fingerprint density at radius 2 is 1.33 bits per heavy atom. The Hall–Kier alpha value is -2.44. The number of carbonyl (C=O) groups is 4. The van der Waals surface area contributed by atoms with Crippen molar-refractivity contribution in [2.45, 2.75) is 50.9 Å². The summed E-state index contributed by atoms with van der Waals surface area (Å²) in [6, 6.07) is 1.96. The number of amides is 3. The number of nitrogens with two attached hydrogens (primary N) is 1. The van der Waals surface area contributed by atoms with Crippen LogP contribution in [0.4, 0.5) is 0 Å². The molecule has 10 nitrogen and oxygen atoms in total. The maximum atomic E-state index is 12.6. The van der Waals surface area contributed by atoms with Crippen molar-refractivity contribution in [3.05, 3.63) is 29.8 Å². The SMILES string of the molecule is CC(C)CC(NC(=O)C(CS)NC(=O)C(CS)NC(=O)C(N)Cc1ccc(O)cc1)C(=O)O. The highest BCUT2D eigenvalue weighted by Gasteiger charge is 2.29. The van der Waals surface area contributed by atoms with Gasteiger partial charge in [-0.25, -0.2) is 4.79 Å². The molecule has 0 fully saturated rings. The van der Waals surface area contributed by atoms with E-state index in [2.05, 4.69) is 41.2 Å². The third-order valence-corrected chi connectivity index (χ3v) is 5.41. The van der Waals surface area contributed by atoms with Gasteiger partial charge in [0.05, 0.1) is 6.04 Å². The molecule has 0 aliphatic heterocycles. The number of thiol groups is 2. The number of carboxylic acids is 1. The van der Waals surface area contributed by atoms with Crippen LogP contribution < -0.4 is 21.7 Å². The molecule has 4 atom stereocenters. The van der Waals surface area contributed by atoms with E-state index in [9.17, 15) is 29.4 Å². The molecule has 0 radical (unpaired) electrons. The molecule has 0 aromatic heterocycles. The van der Waals surface area contributed by atoms with Crippen LogP contribution in [0, 0.1) is 5.92 Å². The molecule has 3 amide bonds. The first kappa shape index (κ1) is 28.6. The van der Waals surface area contributed by atoms with Crippen molar-refractivity contribution >= 4 is 48.9 Å². The second-order valence-electron chi connectivity index (χ2n) is 7.99. The van der Waals surface area contributed by atoms with Crippen molar-refractivity contribution in [3.8, 4) is 5.75 Å². The molecule has 1 aromatic carbocycles. The Kier molecular flexibility index (Phi) is 12.1. The molecule has 0 heterocycles. The molecule has 184 valence electrons. The quantitative estimate of drug-likeness (QED) is 0.172. The highest BCUT2D eigenvalue weighted by Crippen LogP contribution is 2.11. The number of carboxylic acid groups (broad SMARTS) is 1. The molecule has 0 spiro atoms. The maximum Gasteiger partial charge on any atom is 0.326 e. The highest BCUT2D eigenvalue weighted by atomic mass is 32.1. The van der Waals surface area contributed by atoms with Crippen LogP contribution in [0.1, 0.15) is 25.8 Å². The summed E-state index contributed by atoms with van der Waals surface area (Å²) in [5.41, 5.74) is 6.65. The predicted octanol–water partition coefficient (Wildman–Crippen LogP) is -0.293. The first-order valence-corrected chi connectivity index (χ1v) is 11.6. The molecule has 7 N–H and O–H groups in total. The molecule has 4 unspecified atom stereocenters. The van der Waals surface area contributed by atoms with Crippen LogP contribution >= 0.6 is 25.3 Å². The number of aliphatic carboxylic acids is 1. The number of nitrogens with one attached hydrogen (secondary N) is 3. The summed E-state index contributed by atoms with van der Waals surface area (Å²) in [5, 5.41) is 26.0. The minimum Gasteiger partial charge on any atom is -0.508 e. The topological polar surface area (TPSA) is 171 Å². The number of aromatic hydroxyl groups is 1. The van der Waals surface area contributed by atoms with Crippen molar-refractivity contribution in [1.82, 2.24) is 16.0 Å². The van der Waals surface area contributed by atoms with E-state index in [1.807, 2.05) is 13.8 Å². The first-order valence-electron chi connectivity index (χ1n) is 10.4. The number of phenolic OH excluding ortho intramolecular Hbond substituents is 1. The molecule has 0 bridgehead atoms. The van der Waals surface area contributed by atoms with Crippen LogP contribution in [-0.4, -0.2) is 69.6 Å². The molecular formula is C21H32N4O6S2. The van der Waals surface area contributed by atoms with Gasteiger partial charge in [0.1, 0.15) is 23.9 Å². The molecule has 0 aliphatic rings. The zero-order chi connectivity index (χ0) is 25.1. The van der Waals surface area contributed by atoms with Gasteiger partial charge in [-0.05, 0) is 36.5 Å². The van der Waals surface area contributed by atoms with Crippen molar-refractivity contribution in [3.63, 3.8) is 0 Å². The molecule has 12 heteroatoms. The fourth-order valence-corrected chi connectivity index (χ4v) is 3.40. The van der Waals surface area contributed by atoms with Gasteiger partial charge in [-0.2, -0.15) is 25.3 Å². The molecular weight excluding hydrogens is 468 g/mol. The van der Waals surface area contributed by atoms with Crippen LogP contribution in [0.15, 0.2) is 24.3 Å². The number of carbonyl (C=O) groups excluding carboxylic acids is 3. The normalized spacial score (nSPS) is 14.6. The van der Waals surface area contributed by atoms with Gasteiger partial charge in [0, 0.05) is 11.5 Å². The van der Waals surface area contributed by atoms with Gasteiger partial charge in [0.2, 0.25) is 17.7 Å². The van der Waals surface area contributed by atoms with Crippen LogP contribution in [0.2, 0.25) is 0 Å². The van der Waals surface area contributed by atoms with Gasteiger partial charge in [0.25, 0.3) is 0 Å². The Morgan fingerprint density at radius 3 is 1.76 bits per heavy atom. The average Bonchev–Trinajstić information content (AvgIpc) is 2.75. The van der Waals surface area contributed by atoms with E-state index >= 15 is 0 Å². The lowest BCUT2D eigenvalue weighted by Crippen LogP contribution is -2.58. The second-order valence-corrected chi connectivity index (χ2v) is 8.72. The number of hydrogen-bond acceptors (Lipinski definition) is 8. The molecule has 0 saturated heterocycles. The monoisotopic (exact) mass is 500 g/mol. The molecule has 0 saturated carbocycles. The van der Waals surface area contributed by atoms with E-state index in [-0.39, 0.29) is 36.0 Å². The van der Waals surface area contributed by atoms with Gasteiger partial charge in [-0.1, -0.05) is 26.0 Å². The largest absolute Gasteiger partial charge is 0.508 e. The lowest BCUT2D eigenvalue weighted by Gasteiger charge is -2.24. The van der Waals surface area contributed by atoms with E-state index in [0.717, 1.165) is 5.56 Å². The molecule has 1 rings (SSSR count). The Bertz CT molecular complexity index is 821. The van der Waals surface area contributed by atoms with Crippen molar-refractivity contribution < 1.29 is 29.4 Å². The van der Waals surface area contributed by atoms with Crippen LogP contribution in [0.3, 0.4) is 0 Å². The summed E-state index contributed by atoms with van der Waals surface area (Å²) < 4.78 is 0. The zero-order valence-electron chi connectivity index (χ0n) is 18.5. The minimum atomic E-state index is -1.18. The zero-order valence-corrected chi connectivity index (χ0v) is 20.3. The van der Waals surface area contributed by atoms with Gasteiger partial charge >= 0.3 is 5.97 Å². The van der Waals surface area contributed by atoms with E-state index < -0.39 is 47.9 Å². The maximum absolute atomic E-state index is 12.6. The Balaban J connectivity index is 2.71. The Morgan fingerprint density at radius 1 is 0.879 bits per heavy atom. The summed E-state index contributed by atoms with van der Waals surface area (Å²) in [7, 11) is 0. The number of rotatable bonds is 13. The number of benzene rings is 1. The van der Waals surface area contributed by atoms with Crippen LogP contribution in [0.5, 0.6) is 5.75 Å².